The minimum absolute atomic E-state index is 0.0861. The quantitative estimate of drug-likeness (QED) is 0.762. The van der Waals surface area contributed by atoms with Crippen LogP contribution in [-0.4, -0.2) is 31.5 Å². The zero-order chi connectivity index (χ0) is 13.4. The van der Waals surface area contributed by atoms with Gasteiger partial charge < -0.3 is 15.3 Å². The minimum Gasteiger partial charge on any atom is -0.481 e. The first-order chi connectivity index (χ1) is 7.54. The topological polar surface area (TPSA) is 72.5 Å². The summed E-state index contributed by atoms with van der Waals surface area (Å²) in [6.07, 6.45) is 1.01. The van der Waals surface area contributed by atoms with Crippen LogP contribution in [0.25, 0.3) is 0 Å². The fraction of sp³-hybridized carbons (Fsp3) is 0.917. The lowest BCUT2D eigenvalue weighted by Gasteiger charge is -2.39. The number of carboxylic acid groups (broad SMARTS) is 1. The van der Waals surface area contributed by atoms with Gasteiger partial charge in [-0.15, -0.1) is 0 Å². The fourth-order valence-electron chi connectivity index (χ4n) is 1.92. The molecule has 4 nitrogen and oxygen atoms in total. The van der Waals surface area contributed by atoms with E-state index in [1.807, 2.05) is 0 Å². The molecule has 0 bridgehead atoms. The third-order valence-electron chi connectivity index (χ3n) is 4.15. The van der Waals surface area contributed by atoms with Crippen molar-refractivity contribution < 1.29 is 14.3 Å². The van der Waals surface area contributed by atoms with E-state index in [9.17, 15) is 4.79 Å². The Hall–Kier alpha value is -0.393. The Labute approximate surface area is 105 Å². The standard InChI is InChI=1S/C12H25NO3Si/c1-12(2,3)17(4,5)16-10-7-8(11(14)15)6-9(10)13/h8-10H,6-7,13H2,1-5H3,(H,14,15)/t8-,9?,10-/m0/s1. The van der Waals surface area contributed by atoms with Crippen LogP contribution in [0.3, 0.4) is 0 Å². The van der Waals surface area contributed by atoms with Crippen LogP contribution in [0.15, 0.2) is 0 Å². The highest BCUT2D eigenvalue weighted by molar-refractivity contribution is 6.74. The van der Waals surface area contributed by atoms with Gasteiger partial charge in [0.05, 0.1) is 12.0 Å². The molecule has 1 aliphatic carbocycles. The summed E-state index contributed by atoms with van der Waals surface area (Å²) < 4.78 is 6.21. The molecule has 1 fully saturated rings. The summed E-state index contributed by atoms with van der Waals surface area (Å²) >= 11 is 0. The Morgan fingerprint density at radius 3 is 2.24 bits per heavy atom. The molecule has 1 rings (SSSR count). The van der Waals surface area contributed by atoms with Crippen LogP contribution in [0.2, 0.25) is 18.1 Å². The molecule has 0 aromatic heterocycles. The maximum absolute atomic E-state index is 11.0. The van der Waals surface area contributed by atoms with Crippen LogP contribution in [0.1, 0.15) is 33.6 Å². The Morgan fingerprint density at radius 2 is 1.88 bits per heavy atom. The van der Waals surface area contributed by atoms with E-state index in [0.29, 0.717) is 12.8 Å². The van der Waals surface area contributed by atoms with Crippen molar-refractivity contribution in [1.29, 1.82) is 0 Å². The molecule has 1 saturated carbocycles. The van der Waals surface area contributed by atoms with E-state index < -0.39 is 14.3 Å². The van der Waals surface area contributed by atoms with E-state index in [0.717, 1.165) is 0 Å². The first-order valence-corrected chi connectivity index (χ1v) is 9.11. The lowest BCUT2D eigenvalue weighted by atomic mass is 10.1. The van der Waals surface area contributed by atoms with Crippen LogP contribution in [0, 0.1) is 5.92 Å². The van der Waals surface area contributed by atoms with Crippen molar-refractivity contribution in [2.24, 2.45) is 11.7 Å². The fourth-order valence-corrected chi connectivity index (χ4v) is 3.31. The molecule has 0 amide bonds. The lowest BCUT2D eigenvalue weighted by molar-refractivity contribution is -0.141. The zero-order valence-electron chi connectivity index (χ0n) is 11.5. The van der Waals surface area contributed by atoms with E-state index in [2.05, 4.69) is 33.9 Å². The third-order valence-corrected chi connectivity index (χ3v) is 8.66. The molecule has 0 aromatic carbocycles. The average molecular weight is 259 g/mol. The first-order valence-electron chi connectivity index (χ1n) is 6.21. The summed E-state index contributed by atoms with van der Waals surface area (Å²) in [5, 5.41) is 9.14. The number of carbonyl (C=O) groups is 1. The molecule has 5 heteroatoms. The number of hydrogen-bond acceptors (Lipinski definition) is 3. The molecule has 3 N–H and O–H groups in total. The highest BCUT2D eigenvalue weighted by Crippen LogP contribution is 2.40. The minimum atomic E-state index is -1.85. The Morgan fingerprint density at radius 1 is 1.35 bits per heavy atom. The molecule has 0 spiro atoms. The van der Waals surface area contributed by atoms with Gasteiger partial charge in [0.15, 0.2) is 8.32 Å². The van der Waals surface area contributed by atoms with Crippen LogP contribution in [0.4, 0.5) is 0 Å². The number of nitrogens with two attached hydrogens (primary N) is 1. The van der Waals surface area contributed by atoms with Crippen molar-refractivity contribution in [3.8, 4) is 0 Å². The maximum atomic E-state index is 11.0. The summed E-state index contributed by atoms with van der Waals surface area (Å²) in [5.74, 6) is -1.08. The van der Waals surface area contributed by atoms with Gasteiger partial charge in [-0.25, -0.2) is 0 Å². The molecule has 0 radical (unpaired) electrons. The second-order valence-corrected chi connectivity index (χ2v) is 11.3. The van der Waals surface area contributed by atoms with E-state index in [-0.39, 0.29) is 23.1 Å². The van der Waals surface area contributed by atoms with Crippen molar-refractivity contribution in [2.75, 3.05) is 0 Å². The molecule has 17 heavy (non-hydrogen) atoms. The Bertz CT molecular complexity index is 299. The van der Waals surface area contributed by atoms with Gasteiger partial charge in [0.25, 0.3) is 0 Å². The van der Waals surface area contributed by atoms with Gasteiger partial charge in [-0.3, -0.25) is 4.79 Å². The highest BCUT2D eigenvalue weighted by atomic mass is 28.4. The van der Waals surface area contributed by atoms with Crippen molar-refractivity contribution in [1.82, 2.24) is 0 Å². The average Bonchev–Trinajstić information content (AvgIpc) is 2.45. The van der Waals surface area contributed by atoms with Crippen LogP contribution in [-0.2, 0) is 9.22 Å². The second kappa shape index (κ2) is 4.70. The van der Waals surface area contributed by atoms with Crippen molar-refractivity contribution >= 4 is 14.3 Å². The van der Waals surface area contributed by atoms with Crippen molar-refractivity contribution in [2.45, 2.75) is 63.9 Å². The smallest absolute Gasteiger partial charge is 0.306 e. The molecule has 1 aliphatic rings. The van der Waals surface area contributed by atoms with E-state index in [1.165, 1.54) is 0 Å². The first kappa shape index (κ1) is 14.7. The SMILES string of the molecule is CC(C)(C)[Si](C)(C)O[C@H]1C[C@@H](C(=O)O)CC1N. The summed E-state index contributed by atoms with van der Waals surface area (Å²) in [6, 6.07) is -0.134. The predicted octanol–water partition coefficient (Wildman–Crippen LogP) is 2.20. The summed E-state index contributed by atoms with van der Waals surface area (Å²) in [5.41, 5.74) is 5.99. The van der Waals surface area contributed by atoms with Gasteiger partial charge in [0.1, 0.15) is 0 Å². The Kier molecular flexibility index (Phi) is 4.06. The molecular weight excluding hydrogens is 234 g/mol. The summed E-state index contributed by atoms with van der Waals surface area (Å²) in [7, 11) is -1.85. The normalized spacial score (nSPS) is 30.6. The van der Waals surface area contributed by atoms with Gasteiger partial charge in [-0.1, -0.05) is 20.8 Å². The van der Waals surface area contributed by atoms with Gasteiger partial charge >= 0.3 is 5.97 Å². The largest absolute Gasteiger partial charge is 0.481 e. The molecule has 0 aromatic rings. The predicted molar refractivity (Wildman–Crippen MR) is 70.4 cm³/mol. The molecule has 0 saturated heterocycles. The van der Waals surface area contributed by atoms with Crippen LogP contribution >= 0.6 is 0 Å². The van der Waals surface area contributed by atoms with Crippen molar-refractivity contribution in [3.63, 3.8) is 0 Å². The summed E-state index contributed by atoms with van der Waals surface area (Å²) in [6.45, 7) is 10.9. The van der Waals surface area contributed by atoms with Gasteiger partial charge in [-0.2, -0.15) is 0 Å². The molecule has 3 atom stereocenters. The highest BCUT2D eigenvalue weighted by Gasteiger charge is 2.44. The van der Waals surface area contributed by atoms with Crippen LogP contribution < -0.4 is 5.73 Å². The van der Waals surface area contributed by atoms with E-state index in [1.54, 1.807) is 0 Å². The van der Waals surface area contributed by atoms with Gasteiger partial charge in [0, 0.05) is 6.04 Å². The Balaban J connectivity index is 2.68. The zero-order valence-corrected chi connectivity index (χ0v) is 12.5. The van der Waals surface area contributed by atoms with E-state index in [4.69, 9.17) is 15.3 Å². The van der Waals surface area contributed by atoms with Crippen LogP contribution in [0.5, 0.6) is 0 Å². The maximum Gasteiger partial charge on any atom is 0.306 e. The third kappa shape index (κ3) is 3.30. The molecule has 0 heterocycles. The molecule has 1 unspecified atom stereocenters. The van der Waals surface area contributed by atoms with Gasteiger partial charge in [-0.05, 0) is 31.0 Å². The van der Waals surface area contributed by atoms with Gasteiger partial charge in [0.2, 0.25) is 0 Å². The monoisotopic (exact) mass is 259 g/mol. The van der Waals surface area contributed by atoms with E-state index >= 15 is 0 Å². The molecular formula is C12H25NO3Si. The number of carboxylic acids is 1. The molecule has 100 valence electrons. The second-order valence-electron chi connectivity index (χ2n) is 6.59. The van der Waals surface area contributed by atoms with Crippen molar-refractivity contribution in [3.05, 3.63) is 0 Å². The molecule has 0 aliphatic heterocycles. The summed E-state index contributed by atoms with van der Waals surface area (Å²) in [4.78, 5) is 11.0. The lowest BCUT2D eigenvalue weighted by Crippen LogP contribution is -2.47. The number of rotatable bonds is 3. The number of aliphatic carboxylic acids is 1. The number of hydrogen-bond donors (Lipinski definition) is 2.